The molecule has 0 bridgehead atoms. The molecule has 0 aromatic heterocycles. The molecule has 0 spiro atoms. The highest BCUT2D eigenvalue weighted by Gasteiger charge is 2.24. The van der Waals surface area contributed by atoms with E-state index in [0.29, 0.717) is 16.8 Å². The molecule has 0 atom stereocenters. The number of nitrogens with zero attached hydrogens (tertiary/aromatic N) is 2. The lowest BCUT2D eigenvalue weighted by atomic mass is 10.1. The molecule has 5 heteroatoms. The third kappa shape index (κ3) is 4.31. The first-order valence-electron chi connectivity index (χ1n) is 7.93. The van der Waals surface area contributed by atoms with Crippen LogP contribution in [0.3, 0.4) is 0 Å². The van der Waals surface area contributed by atoms with Crippen LogP contribution in [-0.4, -0.2) is 24.3 Å². The van der Waals surface area contributed by atoms with Gasteiger partial charge in [-0.15, -0.1) is 0 Å². The first kappa shape index (κ1) is 17.3. The summed E-state index contributed by atoms with van der Waals surface area (Å²) in [5.74, 6) is 1.53. The lowest BCUT2D eigenvalue weighted by molar-refractivity contribution is 0.478. The van der Waals surface area contributed by atoms with Crippen LogP contribution in [0.4, 0.5) is 5.69 Å². The molecule has 3 rings (SSSR count). The first-order chi connectivity index (χ1) is 11.4. The van der Waals surface area contributed by atoms with Gasteiger partial charge in [-0.1, -0.05) is 27.5 Å². The second kappa shape index (κ2) is 7.16. The van der Waals surface area contributed by atoms with E-state index >= 15 is 0 Å². The van der Waals surface area contributed by atoms with Crippen molar-refractivity contribution in [3.05, 3.63) is 51.0 Å². The minimum absolute atomic E-state index is 0.637. The molecule has 24 heavy (non-hydrogen) atoms. The Morgan fingerprint density at radius 2 is 1.92 bits per heavy atom. The van der Waals surface area contributed by atoms with Crippen LogP contribution in [0.5, 0.6) is 11.5 Å². The van der Waals surface area contributed by atoms with Crippen molar-refractivity contribution >= 4 is 39.6 Å². The summed E-state index contributed by atoms with van der Waals surface area (Å²) in [7, 11) is 2.08. The SMILES string of the molecule is Cc1cc(Oc2cc(Cl)cc(Br)c2)c(C)cc1/N=C/N(C)C1CC1. The zero-order chi connectivity index (χ0) is 17.3. The van der Waals surface area contributed by atoms with E-state index in [2.05, 4.69) is 38.9 Å². The van der Waals surface area contributed by atoms with E-state index in [9.17, 15) is 0 Å². The van der Waals surface area contributed by atoms with Crippen molar-refractivity contribution in [1.29, 1.82) is 0 Å². The Bertz CT molecular complexity index is 767. The number of halogens is 2. The van der Waals surface area contributed by atoms with E-state index in [1.807, 2.05) is 38.4 Å². The molecule has 0 amide bonds. The molecule has 0 N–H and O–H groups in total. The number of benzene rings is 2. The topological polar surface area (TPSA) is 24.8 Å². The molecule has 0 aliphatic heterocycles. The lowest BCUT2D eigenvalue weighted by Crippen LogP contribution is -2.17. The van der Waals surface area contributed by atoms with Crippen molar-refractivity contribution in [2.75, 3.05) is 7.05 Å². The minimum Gasteiger partial charge on any atom is -0.457 e. The third-order valence-electron chi connectivity index (χ3n) is 4.06. The van der Waals surface area contributed by atoms with E-state index in [4.69, 9.17) is 16.3 Å². The highest BCUT2D eigenvalue weighted by atomic mass is 79.9. The van der Waals surface area contributed by atoms with E-state index in [1.165, 1.54) is 12.8 Å². The summed E-state index contributed by atoms with van der Waals surface area (Å²) in [6.07, 6.45) is 4.46. The fourth-order valence-electron chi connectivity index (χ4n) is 2.47. The Labute approximate surface area is 156 Å². The van der Waals surface area contributed by atoms with Gasteiger partial charge in [-0.2, -0.15) is 0 Å². The molecule has 0 heterocycles. The van der Waals surface area contributed by atoms with Crippen LogP contribution in [0.2, 0.25) is 5.02 Å². The molecule has 0 radical (unpaired) electrons. The van der Waals surface area contributed by atoms with E-state index in [-0.39, 0.29) is 0 Å². The van der Waals surface area contributed by atoms with Gasteiger partial charge in [0.1, 0.15) is 11.5 Å². The van der Waals surface area contributed by atoms with Gasteiger partial charge in [0, 0.05) is 22.6 Å². The summed E-state index contributed by atoms with van der Waals surface area (Å²) in [6.45, 7) is 4.07. The van der Waals surface area contributed by atoms with E-state index < -0.39 is 0 Å². The zero-order valence-electron chi connectivity index (χ0n) is 14.0. The van der Waals surface area contributed by atoms with Gasteiger partial charge < -0.3 is 9.64 Å². The fourth-order valence-corrected chi connectivity index (χ4v) is 3.30. The third-order valence-corrected chi connectivity index (χ3v) is 4.74. The molecular formula is C19H20BrClN2O. The van der Waals surface area contributed by atoms with Crippen LogP contribution in [-0.2, 0) is 0 Å². The molecule has 126 valence electrons. The lowest BCUT2D eigenvalue weighted by Gasteiger charge is -2.13. The smallest absolute Gasteiger partial charge is 0.130 e. The van der Waals surface area contributed by atoms with Gasteiger partial charge in [0.05, 0.1) is 12.0 Å². The molecule has 2 aromatic carbocycles. The van der Waals surface area contributed by atoms with Crippen molar-refractivity contribution < 1.29 is 4.74 Å². The van der Waals surface area contributed by atoms with Crippen molar-refractivity contribution in [1.82, 2.24) is 4.90 Å². The maximum atomic E-state index is 6.08. The van der Waals surface area contributed by atoms with Gasteiger partial charge in [0.25, 0.3) is 0 Å². The predicted molar refractivity (Wildman–Crippen MR) is 104 cm³/mol. The Hall–Kier alpha value is -1.52. The second-order valence-corrected chi connectivity index (χ2v) is 7.60. The monoisotopic (exact) mass is 406 g/mol. The number of hydrogen-bond donors (Lipinski definition) is 0. The minimum atomic E-state index is 0.637. The molecule has 3 nitrogen and oxygen atoms in total. The maximum Gasteiger partial charge on any atom is 0.130 e. The molecule has 0 unspecified atom stereocenters. The highest BCUT2D eigenvalue weighted by molar-refractivity contribution is 9.10. The van der Waals surface area contributed by atoms with Gasteiger partial charge in [0.2, 0.25) is 0 Å². The van der Waals surface area contributed by atoms with Crippen LogP contribution in [0.1, 0.15) is 24.0 Å². The Kier molecular flexibility index (Phi) is 5.16. The zero-order valence-corrected chi connectivity index (χ0v) is 16.4. The van der Waals surface area contributed by atoms with E-state index in [0.717, 1.165) is 27.0 Å². The standard InChI is InChI=1S/C19H20BrClN2O/c1-12-7-19(24-17-9-14(20)8-15(21)10-17)13(2)6-18(12)22-11-23(3)16-4-5-16/h6-11,16H,4-5H2,1-3H3/b22-11+. The second-order valence-electron chi connectivity index (χ2n) is 6.25. The molecule has 1 saturated carbocycles. The van der Waals surface area contributed by atoms with Gasteiger partial charge in [-0.3, -0.25) is 0 Å². The molecule has 1 fully saturated rings. The Balaban J connectivity index is 1.81. The summed E-state index contributed by atoms with van der Waals surface area (Å²) in [5.41, 5.74) is 3.09. The summed E-state index contributed by atoms with van der Waals surface area (Å²) in [4.78, 5) is 6.80. The first-order valence-corrected chi connectivity index (χ1v) is 9.11. The largest absolute Gasteiger partial charge is 0.457 e. The molecule has 0 saturated heterocycles. The van der Waals surface area contributed by atoms with Crippen molar-refractivity contribution in [3.63, 3.8) is 0 Å². The van der Waals surface area contributed by atoms with Gasteiger partial charge in [-0.05, 0) is 68.1 Å². The predicted octanol–water partition coefficient (Wildman–Crippen LogP) is 6.27. The Morgan fingerprint density at radius 3 is 2.58 bits per heavy atom. The van der Waals surface area contributed by atoms with Crippen molar-refractivity contribution in [2.45, 2.75) is 32.7 Å². The number of rotatable bonds is 5. The Morgan fingerprint density at radius 1 is 1.17 bits per heavy atom. The van der Waals surface area contributed by atoms with Crippen molar-refractivity contribution in [2.24, 2.45) is 4.99 Å². The molecular weight excluding hydrogens is 388 g/mol. The average molecular weight is 408 g/mol. The molecule has 1 aliphatic rings. The van der Waals surface area contributed by atoms with Crippen LogP contribution >= 0.6 is 27.5 Å². The average Bonchev–Trinajstić information content (AvgIpc) is 3.32. The number of ether oxygens (including phenoxy) is 1. The van der Waals surface area contributed by atoms with Crippen molar-refractivity contribution in [3.8, 4) is 11.5 Å². The van der Waals surface area contributed by atoms with Gasteiger partial charge >= 0.3 is 0 Å². The maximum absolute atomic E-state index is 6.08. The van der Waals surface area contributed by atoms with Gasteiger partial charge in [-0.25, -0.2) is 4.99 Å². The summed E-state index contributed by atoms with van der Waals surface area (Å²) in [5, 5.41) is 0.637. The van der Waals surface area contributed by atoms with Crippen LogP contribution in [0.15, 0.2) is 39.8 Å². The van der Waals surface area contributed by atoms with E-state index in [1.54, 1.807) is 6.07 Å². The highest BCUT2D eigenvalue weighted by Crippen LogP contribution is 2.34. The summed E-state index contributed by atoms with van der Waals surface area (Å²) in [6, 6.07) is 10.3. The number of aliphatic imine (C=N–C) groups is 1. The van der Waals surface area contributed by atoms with Gasteiger partial charge in [0.15, 0.2) is 0 Å². The van der Waals surface area contributed by atoms with Crippen LogP contribution < -0.4 is 4.74 Å². The number of hydrogen-bond acceptors (Lipinski definition) is 2. The van der Waals surface area contributed by atoms with Crippen LogP contribution in [0, 0.1) is 13.8 Å². The normalized spacial score (nSPS) is 14.2. The fraction of sp³-hybridized carbons (Fsp3) is 0.316. The summed E-state index contributed by atoms with van der Waals surface area (Å²) < 4.78 is 6.90. The summed E-state index contributed by atoms with van der Waals surface area (Å²) >= 11 is 9.51. The van der Waals surface area contributed by atoms with Crippen LogP contribution in [0.25, 0.3) is 0 Å². The number of aryl methyl sites for hydroxylation is 2. The molecule has 2 aromatic rings. The molecule has 1 aliphatic carbocycles. The quantitative estimate of drug-likeness (QED) is 0.431.